The summed E-state index contributed by atoms with van der Waals surface area (Å²) in [5.41, 5.74) is 3.54. The highest BCUT2D eigenvalue weighted by atomic mass is 16.5. The minimum absolute atomic E-state index is 0.370. The first-order valence-electron chi connectivity index (χ1n) is 8.77. The van der Waals surface area contributed by atoms with Crippen LogP contribution in [-0.4, -0.2) is 7.11 Å². The summed E-state index contributed by atoms with van der Waals surface area (Å²) >= 11 is 0. The van der Waals surface area contributed by atoms with E-state index >= 15 is 0 Å². The van der Waals surface area contributed by atoms with Crippen molar-refractivity contribution in [1.82, 2.24) is 0 Å². The zero-order valence-electron chi connectivity index (χ0n) is 14.1. The van der Waals surface area contributed by atoms with Crippen molar-refractivity contribution in [3.05, 3.63) is 29.3 Å². The Morgan fingerprint density at radius 1 is 1.33 bits per heavy atom. The van der Waals surface area contributed by atoms with Crippen LogP contribution in [0.4, 0.5) is 0 Å². The van der Waals surface area contributed by atoms with E-state index < -0.39 is 0 Å². The molecule has 4 atom stereocenters. The van der Waals surface area contributed by atoms with E-state index in [0.717, 1.165) is 23.5 Å². The lowest BCUT2D eigenvalue weighted by atomic mass is 9.52. The number of ether oxygens (including phenoxy) is 1. The summed E-state index contributed by atoms with van der Waals surface area (Å²) < 4.78 is 5.50. The predicted molar refractivity (Wildman–Crippen MR) is 89.0 cm³/mol. The van der Waals surface area contributed by atoms with Gasteiger partial charge in [-0.15, -0.1) is 0 Å². The maximum absolute atomic E-state index is 5.50. The van der Waals surface area contributed by atoms with Gasteiger partial charge in [-0.05, 0) is 65.7 Å². The normalized spacial score (nSPS) is 33.0. The van der Waals surface area contributed by atoms with E-state index in [4.69, 9.17) is 4.74 Å². The number of rotatable bonds is 3. The molecule has 0 radical (unpaired) electrons. The summed E-state index contributed by atoms with van der Waals surface area (Å²) in [6.07, 6.45) is 8.16. The van der Waals surface area contributed by atoms with Gasteiger partial charge in [0.1, 0.15) is 5.75 Å². The summed E-state index contributed by atoms with van der Waals surface area (Å²) in [6, 6.07) is 6.82. The van der Waals surface area contributed by atoms with E-state index in [0.29, 0.717) is 5.41 Å². The second-order valence-electron chi connectivity index (χ2n) is 7.55. The molecule has 21 heavy (non-hydrogen) atoms. The van der Waals surface area contributed by atoms with E-state index in [1.165, 1.54) is 38.5 Å². The molecular weight excluding hydrogens is 256 g/mol. The van der Waals surface area contributed by atoms with E-state index in [2.05, 4.69) is 39.0 Å². The molecule has 0 aliphatic heterocycles. The predicted octanol–water partition coefficient (Wildman–Crippen LogP) is 5.36. The Morgan fingerprint density at radius 3 is 2.86 bits per heavy atom. The van der Waals surface area contributed by atoms with Crippen LogP contribution in [0, 0.1) is 17.8 Å². The highest BCUT2D eigenvalue weighted by Gasteiger charge is 2.47. The van der Waals surface area contributed by atoms with Gasteiger partial charge < -0.3 is 4.74 Å². The smallest absolute Gasteiger partial charge is 0.119 e. The summed E-state index contributed by atoms with van der Waals surface area (Å²) in [5.74, 6) is 3.59. The van der Waals surface area contributed by atoms with Crippen molar-refractivity contribution in [2.24, 2.45) is 17.8 Å². The Labute approximate surface area is 130 Å². The Kier molecular flexibility index (Phi) is 4.03. The van der Waals surface area contributed by atoms with Crippen molar-refractivity contribution in [2.45, 2.75) is 64.7 Å². The van der Waals surface area contributed by atoms with Gasteiger partial charge >= 0.3 is 0 Å². The summed E-state index contributed by atoms with van der Waals surface area (Å²) in [5, 5.41) is 0. The van der Waals surface area contributed by atoms with Crippen LogP contribution in [0.2, 0.25) is 0 Å². The maximum atomic E-state index is 5.50. The van der Waals surface area contributed by atoms with Crippen molar-refractivity contribution < 1.29 is 4.74 Å². The fourth-order valence-corrected chi connectivity index (χ4v) is 5.07. The third-order valence-corrected chi connectivity index (χ3v) is 6.56. The fraction of sp³-hybridized carbons (Fsp3) is 0.700. The van der Waals surface area contributed by atoms with Crippen LogP contribution in [0.3, 0.4) is 0 Å². The molecule has 1 fully saturated rings. The molecule has 1 nitrogen and oxygen atoms in total. The van der Waals surface area contributed by atoms with Gasteiger partial charge in [0.25, 0.3) is 0 Å². The lowest BCUT2D eigenvalue weighted by Gasteiger charge is -2.52. The zero-order chi connectivity index (χ0) is 15.0. The number of fused-ring (bicyclic) bond motifs is 3. The van der Waals surface area contributed by atoms with Crippen molar-refractivity contribution >= 4 is 0 Å². The van der Waals surface area contributed by atoms with Gasteiger partial charge in [0.2, 0.25) is 0 Å². The second kappa shape index (κ2) is 5.66. The first-order valence-corrected chi connectivity index (χ1v) is 8.77. The highest BCUT2D eigenvalue weighted by molar-refractivity contribution is 5.43. The largest absolute Gasteiger partial charge is 0.497 e. The lowest BCUT2D eigenvalue weighted by molar-refractivity contribution is 0.0820. The van der Waals surface area contributed by atoms with Crippen molar-refractivity contribution in [3.8, 4) is 5.75 Å². The first-order chi connectivity index (χ1) is 10.1. The lowest BCUT2D eigenvalue weighted by Crippen LogP contribution is -2.46. The molecule has 0 amide bonds. The van der Waals surface area contributed by atoms with Crippen LogP contribution >= 0.6 is 0 Å². The molecule has 1 aromatic rings. The van der Waals surface area contributed by atoms with Gasteiger partial charge in [0.15, 0.2) is 0 Å². The van der Waals surface area contributed by atoms with Crippen LogP contribution in [0.15, 0.2) is 18.2 Å². The molecule has 0 bridgehead atoms. The quantitative estimate of drug-likeness (QED) is 0.726. The van der Waals surface area contributed by atoms with E-state index in [1.807, 2.05) is 0 Å². The summed E-state index contributed by atoms with van der Waals surface area (Å²) in [6.45, 7) is 7.35. The molecule has 1 aromatic carbocycles. The van der Waals surface area contributed by atoms with Crippen molar-refractivity contribution in [2.75, 3.05) is 7.11 Å². The van der Waals surface area contributed by atoms with Gasteiger partial charge in [-0.1, -0.05) is 46.1 Å². The molecule has 1 saturated carbocycles. The molecular formula is C20H30O. The SMILES string of the molecule is CCC(C)[C@H]1Cc2ccc(OC)cc2[C@]2(C)CCCC[C@@H]12. The van der Waals surface area contributed by atoms with E-state index in [-0.39, 0.29) is 0 Å². The van der Waals surface area contributed by atoms with Crippen molar-refractivity contribution in [3.63, 3.8) is 0 Å². The average Bonchev–Trinajstić information content (AvgIpc) is 2.52. The Bertz CT molecular complexity index is 507. The Balaban J connectivity index is 2.07. The molecule has 116 valence electrons. The molecule has 0 aromatic heterocycles. The molecule has 2 aliphatic rings. The molecule has 0 spiro atoms. The van der Waals surface area contributed by atoms with Gasteiger partial charge in [-0.3, -0.25) is 0 Å². The third kappa shape index (κ3) is 2.39. The van der Waals surface area contributed by atoms with Crippen LogP contribution in [0.5, 0.6) is 5.75 Å². The summed E-state index contributed by atoms with van der Waals surface area (Å²) in [7, 11) is 1.78. The van der Waals surface area contributed by atoms with Crippen molar-refractivity contribution in [1.29, 1.82) is 0 Å². The topological polar surface area (TPSA) is 9.23 Å². The van der Waals surface area contributed by atoms with E-state index in [1.54, 1.807) is 18.2 Å². The van der Waals surface area contributed by atoms with Gasteiger partial charge in [-0.25, -0.2) is 0 Å². The van der Waals surface area contributed by atoms with Crippen LogP contribution in [0.25, 0.3) is 0 Å². The Morgan fingerprint density at radius 2 is 2.14 bits per heavy atom. The molecule has 1 unspecified atom stereocenters. The average molecular weight is 286 g/mol. The number of methoxy groups -OCH3 is 1. The molecule has 2 aliphatic carbocycles. The molecule has 0 N–H and O–H groups in total. The molecule has 0 heterocycles. The second-order valence-corrected chi connectivity index (χ2v) is 7.55. The minimum atomic E-state index is 0.370. The highest BCUT2D eigenvalue weighted by Crippen LogP contribution is 2.54. The Hall–Kier alpha value is -0.980. The summed E-state index contributed by atoms with van der Waals surface area (Å²) in [4.78, 5) is 0. The molecule has 1 heteroatoms. The standard InChI is InChI=1S/C20H30O/c1-5-14(2)17-12-15-9-10-16(21-4)13-19(15)20(3)11-7-6-8-18(17)20/h9-10,13-14,17-18H,5-8,11-12H2,1-4H3/t14?,17-,18+,20-/m1/s1. The van der Waals surface area contributed by atoms with Gasteiger partial charge in [0, 0.05) is 0 Å². The number of benzene rings is 1. The third-order valence-electron chi connectivity index (χ3n) is 6.56. The number of hydrogen-bond acceptors (Lipinski definition) is 1. The molecule has 0 saturated heterocycles. The zero-order valence-corrected chi connectivity index (χ0v) is 14.1. The van der Waals surface area contributed by atoms with E-state index in [9.17, 15) is 0 Å². The van der Waals surface area contributed by atoms with Crippen LogP contribution in [-0.2, 0) is 11.8 Å². The van der Waals surface area contributed by atoms with Crippen LogP contribution in [0.1, 0.15) is 64.0 Å². The fourth-order valence-electron chi connectivity index (χ4n) is 5.07. The maximum Gasteiger partial charge on any atom is 0.119 e. The van der Waals surface area contributed by atoms with Gasteiger partial charge in [0.05, 0.1) is 7.11 Å². The monoisotopic (exact) mass is 286 g/mol. The first kappa shape index (κ1) is 14.9. The molecule has 3 rings (SSSR count). The minimum Gasteiger partial charge on any atom is -0.497 e. The van der Waals surface area contributed by atoms with Gasteiger partial charge in [-0.2, -0.15) is 0 Å². The number of hydrogen-bond donors (Lipinski definition) is 0. The van der Waals surface area contributed by atoms with Crippen LogP contribution < -0.4 is 4.74 Å².